The number of hydrogen-bond donors (Lipinski definition) is 3. The van der Waals surface area contributed by atoms with Gasteiger partial charge in [-0.2, -0.15) is 0 Å². The van der Waals surface area contributed by atoms with Gasteiger partial charge in [0.15, 0.2) is 5.75 Å². The van der Waals surface area contributed by atoms with E-state index < -0.39 is 0 Å². The summed E-state index contributed by atoms with van der Waals surface area (Å²) in [4.78, 5) is 0. The Balaban J connectivity index is 3.12. The Morgan fingerprint density at radius 2 is 2.29 bits per heavy atom. The van der Waals surface area contributed by atoms with Crippen LogP contribution in [0.25, 0.3) is 0 Å². The SMILES string of the molecule is Oc1c[nH]nc1O. The standard InChI is InChI=1S/C3H4N2O2/c6-2-1-4-5-3(2)7/h1,6H,(H2,4,5,7). The lowest BCUT2D eigenvalue weighted by atomic mass is 10.6. The predicted octanol–water partition coefficient (Wildman–Crippen LogP) is -0.179. The molecule has 1 aromatic rings. The Morgan fingerprint density at radius 3 is 2.43 bits per heavy atom. The van der Waals surface area contributed by atoms with Crippen LogP contribution in [0.1, 0.15) is 0 Å². The van der Waals surface area contributed by atoms with Gasteiger partial charge in [-0.15, -0.1) is 5.10 Å². The quantitative estimate of drug-likeness (QED) is 0.423. The highest BCUT2D eigenvalue weighted by Crippen LogP contribution is 2.17. The second-order valence-electron chi connectivity index (χ2n) is 1.09. The van der Waals surface area contributed by atoms with E-state index in [9.17, 15) is 0 Å². The van der Waals surface area contributed by atoms with Crippen LogP contribution in [-0.2, 0) is 0 Å². The van der Waals surface area contributed by atoms with E-state index in [0.29, 0.717) is 0 Å². The average molecular weight is 100 g/mol. The topological polar surface area (TPSA) is 69.1 Å². The molecule has 0 saturated carbocycles. The largest absolute Gasteiger partial charge is 0.502 e. The van der Waals surface area contributed by atoms with Crippen molar-refractivity contribution in [1.82, 2.24) is 10.2 Å². The second-order valence-corrected chi connectivity index (χ2v) is 1.09. The first-order chi connectivity index (χ1) is 3.30. The Hall–Kier alpha value is -1.19. The van der Waals surface area contributed by atoms with Crippen molar-refractivity contribution in [3.63, 3.8) is 0 Å². The minimum absolute atomic E-state index is 0.222. The van der Waals surface area contributed by atoms with E-state index in [0.717, 1.165) is 0 Å². The summed E-state index contributed by atoms with van der Waals surface area (Å²) in [7, 11) is 0. The van der Waals surface area contributed by atoms with Gasteiger partial charge in [-0.1, -0.05) is 0 Å². The van der Waals surface area contributed by atoms with Crippen LogP contribution in [0, 0.1) is 0 Å². The van der Waals surface area contributed by atoms with Crippen molar-refractivity contribution in [2.45, 2.75) is 0 Å². The highest BCUT2D eigenvalue weighted by atomic mass is 16.3. The molecule has 1 heterocycles. The van der Waals surface area contributed by atoms with E-state index in [2.05, 4.69) is 10.2 Å². The molecule has 0 aromatic carbocycles. The molecule has 3 N–H and O–H groups in total. The van der Waals surface area contributed by atoms with E-state index >= 15 is 0 Å². The molecule has 7 heavy (non-hydrogen) atoms. The summed E-state index contributed by atoms with van der Waals surface area (Å²) >= 11 is 0. The molecule has 0 atom stereocenters. The van der Waals surface area contributed by atoms with Crippen LogP contribution >= 0.6 is 0 Å². The Labute approximate surface area is 39.4 Å². The maximum Gasteiger partial charge on any atom is 0.273 e. The van der Waals surface area contributed by atoms with Gasteiger partial charge in [-0.25, -0.2) is 0 Å². The molecule has 0 radical (unpaired) electrons. The highest BCUT2D eigenvalue weighted by molar-refractivity contribution is 5.25. The third kappa shape index (κ3) is 0.489. The molecule has 4 heteroatoms. The molecule has 0 aliphatic rings. The zero-order chi connectivity index (χ0) is 5.28. The van der Waals surface area contributed by atoms with E-state index in [1.165, 1.54) is 6.20 Å². The van der Waals surface area contributed by atoms with Crippen LogP contribution in [0.15, 0.2) is 6.20 Å². The van der Waals surface area contributed by atoms with Crippen LogP contribution < -0.4 is 0 Å². The van der Waals surface area contributed by atoms with Crippen LogP contribution in [0.5, 0.6) is 11.6 Å². The third-order valence-electron chi connectivity index (χ3n) is 0.601. The van der Waals surface area contributed by atoms with Crippen molar-refractivity contribution in [2.75, 3.05) is 0 Å². The number of nitrogens with zero attached hydrogens (tertiary/aromatic N) is 1. The van der Waals surface area contributed by atoms with Crippen LogP contribution in [0.2, 0.25) is 0 Å². The molecule has 0 unspecified atom stereocenters. The number of nitrogens with one attached hydrogen (secondary N) is 1. The fourth-order valence-electron chi connectivity index (χ4n) is 0.276. The van der Waals surface area contributed by atoms with Crippen LogP contribution in [0.4, 0.5) is 0 Å². The molecule has 0 saturated heterocycles. The van der Waals surface area contributed by atoms with Gasteiger partial charge in [0.2, 0.25) is 0 Å². The molecule has 38 valence electrons. The number of H-pyrrole nitrogens is 1. The number of rotatable bonds is 0. The molecule has 0 amide bonds. The van der Waals surface area contributed by atoms with E-state index in [1.54, 1.807) is 0 Å². The molecule has 0 aliphatic carbocycles. The van der Waals surface area contributed by atoms with Crippen molar-refractivity contribution >= 4 is 0 Å². The normalized spacial score (nSPS) is 9.14. The summed E-state index contributed by atoms with van der Waals surface area (Å²) in [5.74, 6) is -0.583. The number of hydrogen-bond acceptors (Lipinski definition) is 3. The number of aromatic nitrogens is 2. The Kier molecular flexibility index (Phi) is 0.651. The molecule has 0 aliphatic heterocycles. The average Bonchev–Trinajstić information content (AvgIpc) is 1.91. The first-order valence-corrected chi connectivity index (χ1v) is 1.72. The van der Waals surface area contributed by atoms with Crippen molar-refractivity contribution in [2.24, 2.45) is 0 Å². The van der Waals surface area contributed by atoms with Gasteiger partial charge < -0.3 is 10.2 Å². The molecule has 0 fully saturated rings. The summed E-state index contributed by atoms with van der Waals surface area (Å²) in [5.41, 5.74) is 0. The summed E-state index contributed by atoms with van der Waals surface area (Å²) in [6.45, 7) is 0. The third-order valence-corrected chi connectivity index (χ3v) is 0.601. The monoisotopic (exact) mass is 100 g/mol. The molecular formula is C3H4N2O2. The van der Waals surface area contributed by atoms with E-state index in [-0.39, 0.29) is 11.6 Å². The van der Waals surface area contributed by atoms with Crippen molar-refractivity contribution in [3.8, 4) is 11.6 Å². The lowest BCUT2D eigenvalue weighted by Crippen LogP contribution is -1.60. The molecule has 4 nitrogen and oxygen atoms in total. The Bertz CT molecular complexity index is 143. The minimum atomic E-state index is -0.361. The van der Waals surface area contributed by atoms with Gasteiger partial charge in [0.1, 0.15) is 0 Å². The maximum absolute atomic E-state index is 8.42. The van der Waals surface area contributed by atoms with Crippen LogP contribution in [-0.4, -0.2) is 20.4 Å². The van der Waals surface area contributed by atoms with Gasteiger partial charge in [-0.05, 0) is 0 Å². The van der Waals surface area contributed by atoms with Gasteiger partial charge in [0.25, 0.3) is 5.88 Å². The maximum atomic E-state index is 8.42. The predicted molar refractivity (Wildman–Crippen MR) is 21.9 cm³/mol. The summed E-state index contributed by atoms with van der Waals surface area (Å²) in [5, 5.41) is 22.2. The molecular weight excluding hydrogens is 96.0 g/mol. The smallest absolute Gasteiger partial charge is 0.273 e. The second kappa shape index (κ2) is 1.14. The highest BCUT2D eigenvalue weighted by Gasteiger charge is 1.95. The van der Waals surface area contributed by atoms with Gasteiger partial charge in [0, 0.05) is 0 Å². The van der Waals surface area contributed by atoms with Gasteiger partial charge in [0.05, 0.1) is 6.20 Å². The van der Waals surface area contributed by atoms with Crippen molar-refractivity contribution in [1.29, 1.82) is 0 Å². The summed E-state index contributed by atoms with van der Waals surface area (Å²) < 4.78 is 0. The fourth-order valence-corrected chi connectivity index (χ4v) is 0.276. The van der Waals surface area contributed by atoms with Gasteiger partial charge in [-0.3, -0.25) is 5.10 Å². The molecule has 1 aromatic heterocycles. The lowest BCUT2D eigenvalue weighted by molar-refractivity contribution is 0.394. The van der Waals surface area contributed by atoms with Crippen molar-refractivity contribution in [3.05, 3.63) is 6.20 Å². The first-order valence-electron chi connectivity index (χ1n) is 1.72. The first kappa shape index (κ1) is 3.98. The van der Waals surface area contributed by atoms with Crippen molar-refractivity contribution < 1.29 is 10.2 Å². The number of aromatic hydroxyl groups is 2. The van der Waals surface area contributed by atoms with E-state index in [4.69, 9.17) is 10.2 Å². The summed E-state index contributed by atoms with van der Waals surface area (Å²) in [6, 6.07) is 0. The fraction of sp³-hybridized carbons (Fsp3) is 0. The zero-order valence-electron chi connectivity index (χ0n) is 3.42. The minimum Gasteiger partial charge on any atom is -0.502 e. The van der Waals surface area contributed by atoms with Crippen LogP contribution in [0.3, 0.4) is 0 Å². The molecule has 0 spiro atoms. The number of aromatic amines is 1. The van der Waals surface area contributed by atoms with E-state index in [1.807, 2.05) is 0 Å². The zero-order valence-corrected chi connectivity index (χ0v) is 3.42. The molecule has 0 bridgehead atoms. The lowest BCUT2D eigenvalue weighted by Gasteiger charge is -1.76. The summed E-state index contributed by atoms with van der Waals surface area (Å²) in [6.07, 6.45) is 1.19. The van der Waals surface area contributed by atoms with Gasteiger partial charge >= 0.3 is 0 Å². The molecule has 1 rings (SSSR count). The Morgan fingerprint density at radius 1 is 1.57 bits per heavy atom.